The summed E-state index contributed by atoms with van der Waals surface area (Å²) in [5.41, 5.74) is 13.6. The van der Waals surface area contributed by atoms with E-state index in [2.05, 4.69) is 0 Å². The van der Waals surface area contributed by atoms with Gasteiger partial charge in [-0.2, -0.15) is 0 Å². The van der Waals surface area contributed by atoms with E-state index in [1.165, 1.54) is 44.9 Å². The Morgan fingerprint density at radius 2 is 1.58 bits per heavy atom. The fourth-order valence-electron chi connectivity index (χ4n) is 4.86. The first-order chi connectivity index (χ1) is 17.6. The summed E-state index contributed by atoms with van der Waals surface area (Å²) in [6, 6.07) is 13.9. The maximum absolute atomic E-state index is 11.1. The third-order valence-electron chi connectivity index (χ3n) is 7.53. The van der Waals surface area contributed by atoms with Gasteiger partial charge < -0.3 is 30.8 Å². The molecule has 0 heterocycles. The van der Waals surface area contributed by atoms with Crippen molar-refractivity contribution in [3.63, 3.8) is 0 Å². The van der Waals surface area contributed by atoms with E-state index in [4.69, 9.17) is 25.7 Å². The average molecular weight is 497 g/mol. The average Bonchev–Trinajstić information content (AvgIpc) is 3.75. The number of ether oxygens (including phenoxy) is 3. The van der Waals surface area contributed by atoms with E-state index in [0.717, 1.165) is 23.7 Å². The Kier molecular flexibility index (Phi) is 9.90. The smallest absolute Gasteiger partial charge is 0.126 e. The molecule has 5 N–H and O–H groups in total. The molecule has 2 aromatic carbocycles. The molecular formula is C30H44N2O4. The van der Waals surface area contributed by atoms with Crippen LogP contribution in [0.15, 0.2) is 42.5 Å². The van der Waals surface area contributed by atoms with Crippen LogP contribution in [0, 0.1) is 17.8 Å². The fourth-order valence-corrected chi connectivity index (χ4v) is 4.86. The van der Waals surface area contributed by atoms with E-state index in [-0.39, 0.29) is 12.0 Å². The molecule has 0 aliphatic heterocycles. The Labute approximate surface area is 216 Å². The second-order valence-electron chi connectivity index (χ2n) is 10.7. The Bertz CT molecular complexity index is 942. The first-order valence-electron chi connectivity index (χ1n) is 13.8. The van der Waals surface area contributed by atoms with Crippen molar-refractivity contribution in [2.75, 3.05) is 26.3 Å². The second kappa shape index (κ2) is 13.3. The lowest BCUT2D eigenvalue weighted by Crippen LogP contribution is -2.21. The number of aliphatic hydroxyl groups excluding tert-OH is 1. The van der Waals surface area contributed by atoms with Crippen LogP contribution in [-0.2, 0) is 0 Å². The van der Waals surface area contributed by atoms with E-state index < -0.39 is 6.10 Å². The Hall–Kier alpha value is -2.28. The van der Waals surface area contributed by atoms with Gasteiger partial charge in [-0.25, -0.2) is 0 Å². The van der Waals surface area contributed by atoms with Crippen LogP contribution in [0.25, 0.3) is 0 Å². The van der Waals surface area contributed by atoms with Gasteiger partial charge in [0.05, 0.1) is 19.3 Å². The minimum absolute atomic E-state index is 0.118. The maximum Gasteiger partial charge on any atom is 0.126 e. The molecule has 6 nitrogen and oxygen atoms in total. The number of rotatable bonds is 14. The van der Waals surface area contributed by atoms with Gasteiger partial charge in [-0.15, -0.1) is 0 Å². The third kappa shape index (κ3) is 7.61. The lowest BCUT2D eigenvalue weighted by molar-refractivity contribution is 0.111. The molecule has 2 aliphatic carbocycles. The molecule has 0 aromatic heterocycles. The Morgan fingerprint density at radius 3 is 2.25 bits per heavy atom. The van der Waals surface area contributed by atoms with Gasteiger partial charge in [0.25, 0.3) is 0 Å². The summed E-state index contributed by atoms with van der Waals surface area (Å²) in [4.78, 5) is 0. The number of nitrogens with two attached hydrogens (primary N) is 2. The number of aliphatic hydroxyl groups is 1. The molecule has 0 saturated heterocycles. The third-order valence-corrected chi connectivity index (χ3v) is 7.53. The van der Waals surface area contributed by atoms with Crippen molar-refractivity contribution in [3.05, 3.63) is 53.6 Å². The fraction of sp³-hybridized carbons (Fsp3) is 0.600. The Balaban J connectivity index is 1.52. The highest BCUT2D eigenvalue weighted by Crippen LogP contribution is 2.37. The van der Waals surface area contributed by atoms with Crippen molar-refractivity contribution in [2.45, 2.75) is 70.5 Å². The first-order valence-corrected chi connectivity index (χ1v) is 13.8. The molecule has 0 spiro atoms. The molecule has 4 rings (SSSR count). The molecule has 2 aliphatic rings. The molecule has 6 heteroatoms. The van der Waals surface area contributed by atoms with Gasteiger partial charge in [-0.3, -0.25) is 0 Å². The number of benzene rings is 2. The van der Waals surface area contributed by atoms with E-state index in [9.17, 15) is 5.11 Å². The van der Waals surface area contributed by atoms with E-state index in [1.54, 1.807) is 0 Å². The van der Waals surface area contributed by atoms with Crippen molar-refractivity contribution in [1.29, 1.82) is 0 Å². The van der Waals surface area contributed by atoms with E-state index >= 15 is 0 Å². The van der Waals surface area contributed by atoms with Crippen LogP contribution < -0.4 is 25.7 Å². The van der Waals surface area contributed by atoms with Gasteiger partial charge in [0, 0.05) is 12.0 Å². The predicted molar refractivity (Wildman–Crippen MR) is 143 cm³/mol. The van der Waals surface area contributed by atoms with Crippen LogP contribution in [0.2, 0.25) is 0 Å². The zero-order valence-corrected chi connectivity index (χ0v) is 21.7. The Morgan fingerprint density at radius 1 is 0.889 bits per heavy atom. The van der Waals surface area contributed by atoms with Gasteiger partial charge >= 0.3 is 0 Å². The van der Waals surface area contributed by atoms with Crippen LogP contribution in [0.5, 0.6) is 17.2 Å². The summed E-state index contributed by atoms with van der Waals surface area (Å²) in [5, 5.41) is 11.1. The first kappa shape index (κ1) is 26.8. The quantitative estimate of drug-likeness (QED) is 0.318. The highest BCUT2D eigenvalue weighted by molar-refractivity contribution is 5.43. The maximum atomic E-state index is 11.1. The zero-order chi connectivity index (χ0) is 25.3. The molecule has 1 unspecified atom stereocenters. The summed E-state index contributed by atoms with van der Waals surface area (Å²) in [6.07, 6.45) is 8.50. The molecular weight excluding hydrogens is 452 g/mol. The van der Waals surface area contributed by atoms with Crippen molar-refractivity contribution in [2.24, 2.45) is 29.2 Å². The second-order valence-corrected chi connectivity index (χ2v) is 10.7. The standard InChI is InChI=1S/C30H44N2O4/c1-21(18-32)30(33)27-17-26(35-19-22-6-3-2-4-7-22)12-13-29(27)36-28(14-15-31)24-8-5-9-25(16-24)34-20-23-10-11-23/h5,8-9,12-13,16-17,21-23,28,30,33H,2-4,6-7,10-11,14-15,18-20,31-32H2,1H3/t21-,28?,30+/m1/s1. The lowest BCUT2D eigenvalue weighted by atomic mass is 9.90. The highest BCUT2D eigenvalue weighted by Gasteiger charge is 2.24. The normalized spacial score (nSPS) is 18.9. The van der Waals surface area contributed by atoms with Crippen LogP contribution in [0.3, 0.4) is 0 Å². The van der Waals surface area contributed by atoms with Crippen molar-refractivity contribution >= 4 is 0 Å². The SMILES string of the molecule is C[C@H](CN)[C@H](O)c1cc(OCC2CCCCC2)ccc1OC(CCN)c1cccc(OCC2CC2)c1. The van der Waals surface area contributed by atoms with Crippen LogP contribution in [0.1, 0.15) is 81.6 Å². The topological polar surface area (TPSA) is 100.0 Å². The van der Waals surface area contributed by atoms with Gasteiger partial charge in [-0.1, -0.05) is 38.3 Å². The van der Waals surface area contributed by atoms with Gasteiger partial charge in [0.1, 0.15) is 23.4 Å². The monoisotopic (exact) mass is 496 g/mol. The summed E-state index contributed by atoms with van der Waals surface area (Å²) in [7, 11) is 0. The van der Waals surface area contributed by atoms with E-state index in [1.807, 2.05) is 49.4 Å². The van der Waals surface area contributed by atoms with Crippen LogP contribution in [0.4, 0.5) is 0 Å². The molecule has 0 bridgehead atoms. The van der Waals surface area contributed by atoms with Crippen LogP contribution in [-0.4, -0.2) is 31.4 Å². The number of hydrogen-bond donors (Lipinski definition) is 3. The molecule has 0 amide bonds. The van der Waals surface area contributed by atoms with Crippen LogP contribution >= 0.6 is 0 Å². The molecule has 198 valence electrons. The van der Waals surface area contributed by atoms with Gasteiger partial charge in [-0.05, 0) is 92.4 Å². The highest BCUT2D eigenvalue weighted by atomic mass is 16.5. The lowest BCUT2D eigenvalue weighted by Gasteiger charge is -2.26. The van der Waals surface area contributed by atoms with Crippen molar-refractivity contribution in [1.82, 2.24) is 0 Å². The molecule has 0 radical (unpaired) electrons. The molecule has 3 atom stereocenters. The van der Waals surface area contributed by atoms with Gasteiger partial charge in [0.15, 0.2) is 0 Å². The number of hydrogen-bond acceptors (Lipinski definition) is 6. The zero-order valence-electron chi connectivity index (χ0n) is 21.7. The molecule has 2 aromatic rings. The largest absolute Gasteiger partial charge is 0.493 e. The minimum atomic E-state index is -0.755. The minimum Gasteiger partial charge on any atom is -0.493 e. The summed E-state index contributed by atoms with van der Waals surface area (Å²) < 4.78 is 18.7. The molecule has 36 heavy (non-hydrogen) atoms. The van der Waals surface area contributed by atoms with Crippen molar-refractivity contribution < 1.29 is 19.3 Å². The summed E-state index contributed by atoms with van der Waals surface area (Å²) in [6.45, 7) is 4.28. The molecule has 2 fully saturated rings. The van der Waals surface area contributed by atoms with Gasteiger partial charge in [0.2, 0.25) is 0 Å². The summed E-state index contributed by atoms with van der Waals surface area (Å²) >= 11 is 0. The molecule has 2 saturated carbocycles. The predicted octanol–water partition coefficient (Wildman–Crippen LogP) is 5.53. The summed E-state index contributed by atoms with van der Waals surface area (Å²) in [5.74, 6) is 3.43. The van der Waals surface area contributed by atoms with Crippen molar-refractivity contribution in [3.8, 4) is 17.2 Å². The van der Waals surface area contributed by atoms with E-state index in [0.29, 0.717) is 49.3 Å².